The number of carbonyl (C=O) groups excluding carboxylic acids is 6. The van der Waals surface area contributed by atoms with E-state index in [0.717, 1.165) is 0 Å². The van der Waals surface area contributed by atoms with Gasteiger partial charge in [-0.2, -0.15) is 0 Å². The van der Waals surface area contributed by atoms with E-state index in [1.165, 1.54) is 0 Å². The average Bonchev–Trinajstić information content (AvgIpc) is 2.58. The summed E-state index contributed by atoms with van der Waals surface area (Å²) in [4.78, 5) is 60.2. The smallest absolute Gasteiger partial charge is 0.328 e. The third kappa shape index (κ3) is 5.82. The second kappa shape index (κ2) is 8.23. The molecule has 10 N–H and O–H groups in total. The monoisotopic (exact) mass is 282 g/mol. The molecule has 0 unspecified atom stereocenters. The molecule has 0 bridgehead atoms. The van der Waals surface area contributed by atoms with E-state index in [2.05, 4.69) is 0 Å². The number of hydrogen-bond acceptors (Lipinski definition) is 6. The Morgan fingerprint density at radius 1 is 0.421 bits per heavy atom. The van der Waals surface area contributed by atoms with E-state index in [0.29, 0.717) is 0 Å². The van der Waals surface area contributed by atoms with Crippen LogP contribution in [0.4, 0.5) is 9.59 Å². The minimum absolute atomic E-state index is 0. The SMILES string of the molecule is O.O.O.O=C1NC(=O)C(=O)N1.O=C1NC(=O)C(=O)N1. The number of imide groups is 4. The quantitative estimate of drug-likeness (QED) is 0.248. The fourth-order valence-electron chi connectivity index (χ4n) is 0.702. The Kier molecular flexibility index (Phi) is 9.26. The summed E-state index contributed by atoms with van der Waals surface area (Å²) in [7, 11) is 0. The van der Waals surface area contributed by atoms with Crippen LogP contribution in [-0.4, -0.2) is 52.1 Å². The molecule has 2 aliphatic heterocycles. The van der Waals surface area contributed by atoms with Crippen molar-refractivity contribution in [1.82, 2.24) is 21.3 Å². The van der Waals surface area contributed by atoms with Crippen molar-refractivity contribution in [1.29, 1.82) is 0 Å². The van der Waals surface area contributed by atoms with Crippen LogP contribution < -0.4 is 21.3 Å². The Hall–Kier alpha value is -2.90. The molecule has 2 heterocycles. The first-order chi connectivity index (χ1) is 7.40. The van der Waals surface area contributed by atoms with Gasteiger partial charge in [-0.3, -0.25) is 40.4 Å². The molecule has 13 heteroatoms. The van der Waals surface area contributed by atoms with E-state index < -0.39 is 35.7 Å². The standard InChI is InChI=1S/2C3H2N2O3.3H2O/c2*6-1-2(7)5-3(8)4-1;;;/h2*(H2,4,5,6,7,8);3*1H2. The highest BCUT2D eigenvalue weighted by atomic mass is 16.2. The van der Waals surface area contributed by atoms with Crippen LogP contribution in [0, 0.1) is 0 Å². The molecule has 0 aromatic heterocycles. The van der Waals surface area contributed by atoms with Crippen molar-refractivity contribution in [2.45, 2.75) is 0 Å². The Balaban J connectivity index is -0.000000233. The fourth-order valence-corrected chi connectivity index (χ4v) is 0.702. The van der Waals surface area contributed by atoms with E-state index in [9.17, 15) is 28.8 Å². The Labute approximate surface area is 103 Å². The number of urea groups is 2. The summed E-state index contributed by atoms with van der Waals surface area (Å²) >= 11 is 0. The third-order valence-corrected chi connectivity index (χ3v) is 1.32. The lowest BCUT2D eigenvalue weighted by Crippen LogP contribution is -2.22. The summed E-state index contributed by atoms with van der Waals surface area (Å²) in [6.07, 6.45) is 0. The zero-order chi connectivity index (χ0) is 12.3. The first-order valence-corrected chi connectivity index (χ1v) is 3.72. The number of amides is 8. The number of rotatable bonds is 0. The van der Waals surface area contributed by atoms with Gasteiger partial charge in [-0.05, 0) is 0 Å². The van der Waals surface area contributed by atoms with Crippen LogP contribution >= 0.6 is 0 Å². The van der Waals surface area contributed by atoms with Crippen LogP contribution in [0.25, 0.3) is 0 Å². The predicted molar refractivity (Wildman–Crippen MR) is 54.2 cm³/mol. The van der Waals surface area contributed by atoms with Gasteiger partial charge in [0.15, 0.2) is 0 Å². The van der Waals surface area contributed by atoms with Crippen LogP contribution in [0.2, 0.25) is 0 Å². The molecule has 108 valence electrons. The van der Waals surface area contributed by atoms with Crippen molar-refractivity contribution < 1.29 is 45.2 Å². The van der Waals surface area contributed by atoms with Gasteiger partial charge in [0.05, 0.1) is 0 Å². The average molecular weight is 282 g/mol. The summed E-state index contributed by atoms with van der Waals surface area (Å²) in [5.41, 5.74) is 0. The molecular weight excluding hydrogens is 272 g/mol. The summed E-state index contributed by atoms with van der Waals surface area (Å²) in [5.74, 6) is -3.57. The Bertz CT molecular complexity index is 354. The first kappa shape index (κ1) is 21.4. The molecule has 2 fully saturated rings. The lowest BCUT2D eigenvalue weighted by molar-refractivity contribution is -0.135. The van der Waals surface area contributed by atoms with E-state index in [1.54, 1.807) is 21.3 Å². The maximum atomic E-state index is 10.0. The van der Waals surface area contributed by atoms with Gasteiger partial charge in [0.1, 0.15) is 0 Å². The molecule has 0 aliphatic carbocycles. The topological polar surface area (TPSA) is 245 Å². The molecule has 2 saturated heterocycles. The largest absolute Gasteiger partial charge is 0.412 e. The molecule has 2 aliphatic rings. The first-order valence-electron chi connectivity index (χ1n) is 3.72. The van der Waals surface area contributed by atoms with Crippen molar-refractivity contribution in [3.05, 3.63) is 0 Å². The normalized spacial score (nSPS) is 15.4. The van der Waals surface area contributed by atoms with Crippen molar-refractivity contribution in [3.8, 4) is 0 Å². The minimum Gasteiger partial charge on any atom is -0.412 e. The molecule has 19 heavy (non-hydrogen) atoms. The third-order valence-electron chi connectivity index (χ3n) is 1.32. The molecule has 0 saturated carbocycles. The van der Waals surface area contributed by atoms with Crippen molar-refractivity contribution in [2.75, 3.05) is 0 Å². The Morgan fingerprint density at radius 2 is 0.579 bits per heavy atom. The van der Waals surface area contributed by atoms with E-state index in [4.69, 9.17) is 0 Å². The molecule has 8 amide bonds. The van der Waals surface area contributed by atoms with Crippen LogP contribution in [-0.2, 0) is 19.2 Å². The molecule has 13 nitrogen and oxygen atoms in total. The fraction of sp³-hybridized carbons (Fsp3) is 0. The van der Waals surface area contributed by atoms with Gasteiger partial charge in [0, 0.05) is 0 Å². The van der Waals surface area contributed by atoms with Crippen LogP contribution in [0.15, 0.2) is 0 Å². The minimum atomic E-state index is -0.894. The summed E-state index contributed by atoms with van der Waals surface area (Å²) in [5, 5.41) is 6.91. The van der Waals surface area contributed by atoms with Crippen molar-refractivity contribution in [2.24, 2.45) is 0 Å². The van der Waals surface area contributed by atoms with Crippen molar-refractivity contribution >= 4 is 35.7 Å². The molecule has 0 atom stereocenters. The van der Waals surface area contributed by atoms with Gasteiger partial charge in [-0.1, -0.05) is 0 Å². The maximum Gasteiger partial charge on any atom is 0.328 e. The highest BCUT2D eigenvalue weighted by Crippen LogP contribution is 1.78. The molecule has 0 aromatic rings. The number of hydrogen-bond donors (Lipinski definition) is 4. The summed E-state index contributed by atoms with van der Waals surface area (Å²) in [6, 6.07) is -1.50. The van der Waals surface area contributed by atoms with E-state index in [1.807, 2.05) is 0 Å². The van der Waals surface area contributed by atoms with Gasteiger partial charge >= 0.3 is 35.7 Å². The van der Waals surface area contributed by atoms with Crippen LogP contribution in [0.1, 0.15) is 0 Å². The second-order valence-corrected chi connectivity index (χ2v) is 2.47. The Morgan fingerprint density at radius 3 is 0.632 bits per heavy atom. The molecule has 0 radical (unpaired) electrons. The van der Waals surface area contributed by atoms with E-state index in [-0.39, 0.29) is 16.4 Å². The van der Waals surface area contributed by atoms with E-state index >= 15 is 0 Å². The molecule has 0 aromatic carbocycles. The van der Waals surface area contributed by atoms with Gasteiger partial charge < -0.3 is 16.4 Å². The maximum absolute atomic E-state index is 10.0. The lowest BCUT2D eigenvalue weighted by atomic mass is 10.6. The molecular formula is C6H10N4O9. The van der Waals surface area contributed by atoms with Crippen LogP contribution in [0.5, 0.6) is 0 Å². The second-order valence-electron chi connectivity index (χ2n) is 2.47. The number of carbonyl (C=O) groups is 6. The predicted octanol–water partition coefficient (Wildman–Crippen LogP) is -5.77. The molecule has 2 rings (SSSR count). The van der Waals surface area contributed by atoms with Crippen LogP contribution in [0.3, 0.4) is 0 Å². The van der Waals surface area contributed by atoms with Crippen molar-refractivity contribution in [3.63, 3.8) is 0 Å². The summed E-state index contributed by atoms with van der Waals surface area (Å²) < 4.78 is 0. The van der Waals surface area contributed by atoms with Gasteiger partial charge in [-0.25, -0.2) is 9.59 Å². The number of nitrogens with one attached hydrogen (secondary N) is 4. The highest BCUT2D eigenvalue weighted by molar-refractivity contribution is 6.45. The zero-order valence-electron chi connectivity index (χ0n) is 8.95. The lowest BCUT2D eigenvalue weighted by Gasteiger charge is -1.77. The summed E-state index contributed by atoms with van der Waals surface area (Å²) in [6.45, 7) is 0. The molecule has 0 spiro atoms. The van der Waals surface area contributed by atoms with Gasteiger partial charge in [0.25, 0.3) is 0 Å². The van der Waals surface area contributed by atoms with Gasteiger partial charge in [-0.15, -0.1) is 0 Å². The van der Waals surface area contributed by atoms with Gasteiger partial charge in [0.2, 0.25) is 0 Å². The highest BCUT2D eigenvalue weighted by Gasteiger charge is 2.26. The zero-order valence-corrected chi connectivity index (χ0v) is 8.95.